The number of benzene rings is 1. The smallest absolute Gasteiger partial charge is 0.328 e. The van der Waals surface area contributed by atoms with Gasteiger partial charge in [0.05, 0.1) is 18.4 Å². The molecule has 7 nitrogen and oxygen atoms in total. The molecule has 1 aliphatic rings. The van der Waals surface area contributed by atoms with Gasteiger partial charge in [0.25, 0.3) is 5.91 Å². The van der Waals surface area contributed by atoms with Crippen LogP contribution in [0.25, 0.3) is 0 Å². The number of likely N-dealkylation sites (tertiary alicyclic amines) is 1. The molecule has 1 fully saturated rings. The standard InChI is InChI=1S/C16H20FN3O4/c1-10(15(22)24-2)18-14(21)12-9-11(17)5-6-13(12)19-16(23)20-7-3-4-8-20/h5-6,9-10H,3-4,7-8H2,1-2H3,(H,18,21)(H,19,23). The lowest BCUT2D eigenvalue weighted by Crippen LogP contribution is -2.40. The summed E-state index contributed by atoms with van der Waals surface area (Å²) in [6.07, 6.45) is 1.86. The van der Waals surface area contributed by atoms with Crippen molar-refractivity contribution in [1.82, 2.24) is 10.2 Å². The van der Waals surface area contributed by atoms with Crippen molar-refractivity contribution in [1.29, 1.82) is 0 Å². The van der Waals surface area contributed by atoms with Gasteiger partial charge in [0.2, 0.25) is 0 Å². The molecule has 1 aromatic carbocycles. The van der Waals surface area contributed by atoms with Crippen LogP contribution in [0.3, 0.4) is 0 Å². The van der Waals surface area contributed by atoms with E-state index in [-0.39, 0.29) is 17.3 Å². The van der Waals surface area contributed by atoms with Crippen LogP contribution in [0.1, 0.15) is 30.1 Å². The second-order valence-corrected chi connectivity index (χ2v) is 5.53. The third-order valence-electron chi connectivity index (χ3n) is 3.76. The van der Waals surface area contributed by atoms with Gasteiger partial charge in [-0.15, -0.1) is 0 Å². The molecule has 0 aliphatic carbocycles. The van der Waals surface area contributed by atoms with E-state index in [0.717, 1.165) is 25.0 Å². The van der Waals surface area contributed by atoms with Gasteiger partial charge in [-0.05, 0) is 38.0 Å². The fourth-order valence-corrected chi connectivity index (χ4v) is 2.44. The number of anilines is 1. The van der Waals surface area contributed by atoms with Crippen LogP contribution in [0.2, 0.25) is 0 Å². The maximum atomic E-state index is 13.5. The molecule has 0 spiro atoms. The van der Waals surface area contributed by atoms with E-state index in [1.807, 2.05) is 0 Å². The highest BCUT2D eigenvalue weighted by Gasteiger charge is 2.22. The molecule has 1 unspecified atom stereocenters. The number of halogens is 1. The molecule has 8 heteroatoms. The van der Waals surface area contributed by atoms with E-state index >= 15 is 0 Å². The average molecular weight is 337 g/mol. The number of carbonyl (C=O) groups excluding carboxylic acids is 3. The van der Waals surface area contributed by atoms with Gasteiger partial charge in [-0.25, -0.2) is 14.0 Å². The first kappa shape index (κ1) is 17.7. The fraction of sp³-hybridized carbons (Fsp3) is 0.438. The summed E-state index contributed by atoms with van der Waals surface area (Å²) < 4.78 is 18.0. The zero-order chi connectivity index (χ0) is 17.7. The lowest BCUT2D eigenvalue weighted by atomic mass is 10.1. The van der Waals surface area contributed by atoms with Gasteiger partial charge in [-0.3, -0.25) is 4.79 Å². The molecule has 0 saturated carbocycles. The van der Waals surface area contributed by atoms with Crippen molar-refractivity contribution in [2.45, 2.75) is 25.8 Å². The van der Waals surface area contributed by atoms with Crippen LogP contribution in [0.15, 0.2) is 18.2 Å². The molecule has 3 amide bonds. The number of hydrogen-bond acceptors (Lipinski definition) is 4. The van der Waals surface area contributed by atoms with Crippen molar-refractivity contribution in [2.75, 3.05) is 25.5 Å². The molecule has 1 saturated heterocycles. The number of ether oxygens (including phenoxy) is 1. The summed E-state index contributed by atoms with van der Waals surface area (Å²) in [5.41, 5.74) is 0.126. The second kappa shape index (κ2) is 7.76. The molecule has 2 N–H and O–H groups in total. The second-order valence-electron chi connectivity index (χ2n) is 5.53. The topological polar surface area (TPSA) is 87.7 Å². The van der Waals surface area contributed by atoms with Gasteiger partial charge < -0.3 is 20.3 Å². The molecule has 130 valence electrons. The first-order valence-corrected chi connectivity index (χ1v) is 7.66. The Bertz CT molecular complexity index is 644. The van der Waals surface area contributed by atoms with Crippen molar-refractivity contribution in [3.05, 3.63) is 29.6 Å². The Hall–Kier alpha value is -2.64. The Labute approximate surface area is 139 Å². The van der Waals surface area contributed by atoms with Crippen molar-refractivity contribution in [3.8, 4) is 0 Å². The SMILES string of the molecule is COC(=O)C(C)NC(=O)c1cc(F)ccc1NC(=O)N1CCCC1. The number of urea groups is 1. The molecule has 24 heavy (non-hydrogen) atoms. The van der Waals surface area contributed by atoms with E-state index < -0.39 is 23.7 Å². The summed E-state index contributed by atoms with van der Waals surface area (Å²) in [5, 5.41) is 5.03. The predicted octanol–water partition coefficient (Wildman–Crippen LogP) is 1.74. The van der Waals surface area contributed by atoms with E-state index in [0.29, 0.717) is 13.1 Å². The number of carbonyl (C=O) groups is 3. The maximum absolute atomic E-state index is 13.5. The Morgan fingerprint density at radius 2 is 1.92 bits per heavy atom. The van der Waals surface area contributed by atoms with Crippen molar-refractivity contribution in [3.63, 3.8) is 0 Å². The number of methoxy groups -OCH3 is 1. The van der Waals surface area contributed by atoms with Gasteiger partial charge in [-0.1, -0.05) is 0 Å². The van der Waals surface area contributed by atoms with Gasteiger partial charge >= 0.3 is 12.0 Å². The van der Waals surface area contributed by atoms with E-state index in [1.165, 1.54) is 20.1 Å². The van der Waals surface area contributed by atoms with E-state index in [9.17, 15) is 18.8 Å². The third-order valence-corrected chi connectivity index (χ3v) is 3.76. The first-order valence-electron chi connectivity index (χ1n) is 7.66. The summed E-state index contributed by atoms with van der Waals surface area (Å²) in [4.78, 5) is 37.5. The lowest BCUT2D eigenvalue weighted by Gasteiger charge is -2.18. The molecule has 1 aliphatic heterocycles. The minimum Gasteiger partial charge on any atom is -0.467 e. The molecule has 1 aromatic rings. The van der Waals surface area contributed by atoms with E-state index in [4.69, 9.17) is 0 Å². The Kier molecular flexibility index (Phi) is 5.73. The van der Waals surface area contributed by atoms with Crippen molar-refractivity contribution in [2.24, 2.45) is 0 Å². The molecule has 0 bridgehead atoms. The summed E-state index contributed by atoms with van der Waals surface area (Å²) in [6, 6.07) is 2.25. The molecule has 0 aromatic heterocycles. The molecule has 2 rings (SSSR count). The minimum absolute atomic E-state index is 0.0571. The van der Waals surface area contributed by atoms with Crippen LogP contribution in [0.5, 0.6) is 0 Å². The number of amides is 3. The minimum atomic E-state index is -0.895. The van der Waals surface area contributed by atoms with E-state index in [1.54, 1.807) is 4.90 Å². The molecule has 1 heterocycles. The molecule has 1 atom stereocenters. The van der Waals surface area contributed by atoms with Crippen LogP contribution >= 0.6 is 0 Å². The van der Waals surface area contributed by atoms with Gasteiger partial charge in [0.15, 0.2) is 0 Å². The summed E-state index contributed by atoms with van der Waals surface area (Å²) in [6.45, 7) is 2.74. The van der Waals surface area contributed by atoms with Crippen molar-refractivity contribution >= 4 is 23.6 Å². The average Bonchev–Trinajstić information content (AvgIpc) is 3.10. The quantitative estimate of drug-likeness (QED) is 0.819. The number of hydrogen-bond donors (Lipinski definition) is 2. The number of rotatable bonds is 4. The number of esters is 1. The summed E-state index contributed by atoms with van der Waals surface area (Å²) in [7, 11) is 1.20. The molecular weight excluding hydrogens is 317 g/mol. The van der Waals surface area contributed by atoms with Crippen molar-refractivity contribution < 1.29 is 23.5 Å². The van der Waals surface area contributed by atoms with Gasteiger partial charge in [0.1, 0.15) is 11.9 Å². The molecule has 0 radical (unpaired) electrons. The zero-order valence-electron chi connectivity index (χ0n) is 13.6. The highest BCUT2D eigenvalue weighted by atomic mass is 19.1. The summed E-state index contributed by atoms with van der Waals surface area (Å²) in [5.74, 6) is -1.92. The first-order chi connectivity index (χ1) is 11.4. The van der Waals surface area contributed by atoms with Crippen LogP contribution < -0.4 is 10.6 Å². The molecular formula is C16H20FN3O4. The Morgan fingerprint density at radius 3 is 2.54 bits per heavy atom. The highest BCUT2D eigenvalue weighted by Crippen LogP contribution is 2.19. The van der Waals surface area contributed by atoms with Crippen LogP contribution in [0.4, 0.5) is 14.9 Å². The number of nitrogens with one attached hydrogen (secondary N) is 2. The predicted molar refractivity (Wildman–Crippen MR) is 85.2 cm³/mol. The van der Waals surface area contributed by atoms with Crippen LogP contribution in [-0.2, 0) is 9.53 Å². The van der Waals surface area contributed by atoms with Gasteiger partial charge in [0, 0.05) is 13.1 Å². The lowest BCUT2D eigenvalue weighted by molar-refractivity contribution is -0.142. The maximum Gasteiger partial charge on any atom is 0.328 e. The largest absolute Gasteiger partial charge is 0.467 e. The normalized spacial score (nSPS) is 14.9. The van der Waals surface area contributed by atoms with Crippen LogP contribution in [-0.4, -0.2) is 49.0 Å². The Balaban J connectivity index is 2.16. The number of nitrogens with zero attached hydrogens (tertiary/aromatic N) is 1. The third kappa shape index (κ3) is 4.21. The van der Waals surface area contributed by atoms with Gasteiger partial charge in [-0.2, -0.15) is 0 Å². The summed E-state index contributed by atoms with van der Waals surface area (Å²) >= 11 is 0. The monoisotopic (exact) mass is 337 g/mol. The fourth-order valence-electron chi connectivity index (χ4n) is 2.44. The highest BCUT2D eigenvalue weighted by molar-refractivity contribution is 6.04. The Morgan fingerprint density at radius 1 is 1.25 bits per heavy atom. The zero-order valence-corrected chi connectivity index (χ0v) is 13.6. The van der Waals surface area contributed by atoms with Crippen LogP contribution in [0, 0.1) is 5.82 Å². The van der Waals surface area contributed by atoms with E-state index in [2.05, 4.69) is 15.4 Å².